The molecule has 1 aromatic carbocycles. The predicted molar refractivity (Wildman–Crippen MR) is 85.2 cm³/mol. The van der Waals surface area contributed by atoms with Gasteiger partial charge in [0.2, 0.25) is 0 Å². The van der Waals surface area contributed by atoms with Gasteiger partial charge in [-0.2, -0.15) is 13.2 Å². The van der Waals surface area contributed by atoms with E-state index >= 15 is 0 Å². The van der Waals surface area contributed by atoms with Crippen molar-refractivity contribution in [2.24, 2.45) is 5.41 Å². The third kappa shape index (κ3) is 4.09. The van der Waals surface area contributed by atoms with Crippen molar-refractivity contribution in [1.82, 2.24) is 10.2 Å². The van der Waals surface area contributed by atoms with Crippen molar-refractivity contribution in [2.45, 2.75) is 50.9 Å². The molecule has 0 aromatic heterocycles. The van der Waals surface area contributed by atoms with Crippen molar-refractivity contribution < 1.29 is 18.0 Å². The monoisotopic (exact) mass is 340 g/mol. The van der Waals surface area contributed by atoms with Crippen LogP contribution in [0.25, 0.3) is 0 Å². The fourth-order valence-corrected chi connectivity index (χ4v) is 4.05. The highest BCUT2D eigenvalue weighted by Crippen LogP contribution is 2.44. The minimum absolute atomic E-state index is 0.217. The van der Waals surface area contributed by atoms with Gasteiger partial charge in [-0.3, -0.25) is 9.69 Å². The number of halogens is 3. The summed E-state index contributed by atoms with van der Waals surface area (Å²) >= 11 is 0. The molecule has 3 rings (SSSR count). The predicted octanol–water partition coefficient (Wildman–Crippen LogP) is 3.50. The highest BCUT2D eigenvalue weighted by molar-refractivity contribution is 5.81. The van der Waals surface area contributed by atoms with E-state index in [2.05, 4.69) is 22.3 Å². The van der Waals surface area contributed by atoms with E-state index in [1.807, 2.05) is 18.2 Å². The third-order valence-corrected chi connectivity index (χ3v) is 5.41. The number of nitrogens with one attached hydrogen (secondary N) is 1. The van der Waals surface area contributed by atoms with E-state index in [0.717, 1.165) is 38.9 Å². The molecule has 2 aliphatic rings. The smallest absolute Gasteiger partial charge is 0.346 e. The first-order valence-corrected chi connectivity index (χ1v) is 8.50. The lowest BCUT2D eigenvalue weighted by atomic mass is 9.72. The van der Waals surface area contributed by atoms with Crippen LogP contribution < -0.4 is 5.32 Å². The highest BCUT2D eigenvalue weighted by atomic mass is 19.4. The Balaban J connectivity index is 1.49. The summed E-state index contributed by atoms with van der Waals surface area (Å²) in [4.78, 5) is 13.5. The van der Waals surface area contributed by atoms with E-state index in [1.165, 1.54) is 5.56 Å². The van der Waals surface area contributed by atoms with Crippen LogP contribution in [0.3, 0.4) is 0 Å². The summed E-state index contributed by atoms with van der Waals surface area (Å²) in [6, 6.07) is 9.98. The molecule has 1 aliphatic carbocycles. The lowest BCUT2D eigenvalue weighted by molar-refractivity contribution is -0.174. The summed E-state index contributed by atoms with van der Waals surface area (Å²) in [5.74, 6) is -1.81. The normalized spacial score (nSPS) is 28.2. The SMILES string of the molecule is O=C(NC1CCC2(CC1)CCN(Cc1ccccc1)C2)C(F)(F)F. The maximum atomic E-state index is 12.3. The average Bonchev–Trinajstić information content (AvgIpc) is 2.92. The second-order valence-corrected chi connectivity index (χ2v) is 7.19. The zero-order chi connectivity index (χ0) is 17.2. The lowest BCUT2D eigenvalue weighted by Gasteiger charge is -2.37. The number of nitrogens with zero attached hydrogens (tertiary/aromatic N) is 1. The van der Waals surface area contributed by atoms with Crippen molar-refractivity contribution in [2.75, 3.05) is 13.1 Å². The van der Waals surface area contributed by atoms with Crippen LogP contribution in [0.15, 0.2) is 30.3 Å². The van der Waals surface area contributed by atoms with Gasteiger partial charge in [0.25, 0.3) is 0 Å². The van der Waals surface area contributed by atoms with Crippen LogP contribution in [-0.2, 0) is 11.3 Å². The van der Waals surface area contributed by atoms with Gasteiger partial charge in [0, 0.05) is 19.1 Å². The molecule has 1 saturated carbocycles. The Morgan fingerprint density at radius 3 is 2.46 bits per heavy atom. The van der Waals surface area contributed by atoms with E-state index in [-0.39, 0.29) is 11.5 Å². The Morgan fingerprint density at radius 1 is 1.17 bits per heavy atom. The maximum absolute atomic E-state index is 12.3. The van der Waals surface area contributed by atoms with Gasteiger partial charge in [0.1, 0.15) is 0 Å². The highest BCUT2D eigenvalue weighted by Gasteiger charge is 2.44. The first kappa shape index (κ1) is 17.3. The first-order chi connectivity index (χ1) is 11.4. The van der Waals surface area contributed by atoms with Crippen LogP contribution in [0, 0.1) is 5.41 Å². The fourth-order valence-electron chi connectivity index (χ4n) is 4.05. The minimum Gasteiger partial charge on any atom is -0.346 e. The number of alkyl halides is 3. The van der Waals surface area contributed by atoms with Crippen molar-refractivity contribution in [3.8, 4) is 0 Å². The standard InChI is InChI=1S/C18H23F3N2O/c19-18(20,21)16(24)22-15-6-8-17(9-7-15)10-11-23(13-17)12-14-4-2-1-3-5-14/h1-5,15H,6-13H2,(H,22,24). The van der Waals surface area contributed by atoms with Gasteiger partial charge in [-0.25, -0.2) is 0 Å². The van der Waals surface area contributed by atoms with Crippen molar-refractivity contribution in [3.05, 3.63) is 35.9 Å². The Bertz CT molecular complexity index is 565. The fraction of sp³-hybridized carbons (Fsp3) is 0.611. The van der Waals surface area contributed by atoms with Gasteiger partial charge < -0.3 is 5.32 Å². The quantitative estimate of drug-likeness (QED) is 0.913. The molecule has 1 aliphatic heterocycles. The Hall–Kier alpha value is -1.56. The van der Waals surface area contributed by atoms with Gasteiger partial charge in [-0.15, -0.1) is 0 Å². The second-order valence-electron chi connectivity index (χ2n) is 7.19. The molecule has 1 amide bonds. The van der Waals surface area contributed by atoms with E-state index in [0.29, 0.717) is 12.8 Å². The summed E-state index contributed by atoms with van der Waals surface area (Å²) in [6.07, 6.45) is -0.626. The van der Waals surface area contributed by atoms with Gasteiger partial charge in [-0.05, 0) is 49.6 Å². The van der Waals surface area contributed by atoms with Crippen molar-refractivity contribution in [3.63, 3.8) is 0 Å². The molecule has 0 unspecified atom stereocenters. The molecule has 6 heteroatoms. The molecule has 0 radical (unpaired) electrons. The molecule has 0 atom stereocenters. The van der Waals surface area contributed by atoms with E-state index < -0.39 is 12.1 Å². The summed E-state index contributed by atoms with van der Waals surface area (Å²) in [5, 5.41) is 2.14. The number of amides is 1. The average molecular weight is 340 g/mol. The van der Waals surface area contributed by atoms with Gasteiger partial charge >= 0.3 is 12.1 Å². The molecule has 1 saturated heterocycles. The number of hydrogen-bond donors (Lipinski definition) is 1. The Labute approximate surface area is 140 Å². The first-order valence-electron chi connectivity index (χ1n) is 8.50. The molecule has 1 N–H and O–H groups in total. The molecule has 24 heavy (non-hydrogen) atoms. The zero-order valence-corrected chi connectivity index (χ0v) is 13.6. The van der Waals surface area contributed by atoms with E-state index in [1.54, 1.807) is 0 Å². The topological polar surface area (TPSA) is 32.3 Å². The van der Waals surface area contributed by atoms with Crippen molar-refractivity contribution in [1.29, 1.82) is 0 Å². The van der Waals surface area contributed by atoms with Crippen LogP contribution in [0.5, 0.6) is 0 Å². The van der Waals surface area contributed by atoms with E-state index in [4.69, 9.17) is 0 Å². The molecule has 2 fully saturated rings. The number of hydrogen-bond acceptors (Lipinski definition) is 2. The second kappa shape index (κ2) is 6.75. The lowest BCUT2D eigenvalue weighted by Crippen LogP contribution is -2.46. The maximum Gasteiger partial charge on any atom is 0.471 e. The molecule has 3 nitrogen and oxygen atoms in total. The molecular weight excluding hydrogens is 317 g/mol. The van der Waals surface area contributed by atoms with Crippen LogP contribution in [-0.4, -0.2) is 36.1 Å². The third-order valence-electron chi connectivity index (χ3n) is 5.41. The summed E-state index contributed by atoms with van der Waals surface area (Å²) in [6.45, 7) is 2.97. The van der Waals surface area contributed by atoms with Crippen LogP contribution in [0.4, 0.5) is 13.2 Å². The number of carbonyl (C=O) groups excluding carboxylic acids is 1. The Morgan fingerprint density at radius 2 is 1.83 bits per heavy atom. The Kier molecular flexibility index (Phi) is 4.85. The van der Waals surface area contributed by atoms with Gasteiger partial charge in [-0.1, -0.05) is 30.3 Å². The molecule has 1 aromatic rings. The van der Waals surface area contributed by atoms with Crippen LogP contribution in [0.1, 0.15) is 37.7 Å². The summed E-state index contributed by atoms with van der Waals surface area (Å²) in [7, 11) is 0. The number of rotatable bonds is 3. The molecule has 132 valence electrons. The molecule has 1 heterocycles. The minimum atomic E-state index is -4.78. The summed E-state index contributed by atoms with van der Waals surface area (Å²) < 4.78 is 37.0. The van der Waals surface area contributed by atoms with Crippen LogP contribution in [0.2, 0.25) is 0 Å². The number of likely N-dealkylation sites (tertiary alicyclic amines) is 1. The van der Waals surface area contributed by atoms with Crippen LogP contribution >= 0.6 is 0 Å². The molecule has 0 bridgehead atoms. The van der Waals surface area contributed by atoms with E-state index in [9.17, 15) is 18.0 Å². The number of benzene rings is 1. The number of carbonyl (C=O) groups is 1. The van der Waals surface area contributed by atoms with Gasteiger partial charge in [0.15, 0.2) is 0 Å². The largest absolute Gasteiger partial charge is 0.471 e. The van der Waals surface area contributed by atoms with Gasteiger partial charge in [0.05, 0.1) is 0 Å². The zero-order valence-electron chi connectivity index (χ0n) is 13.6. The summed E-state index contributed by atoms with van der Waals surface area (Å²) in [5.41, 5.74) is 1.51. The molecular formula is C18H23F3N2O. The van der Waals surface area contributed by atoms with Crippen molar-refractivity contribution >= 4 is 5.91 Å². The molecule has 1 spiro atoms.